The Hall–Kier alpha value is -1.59. The lowest BCUT2D eigenvalue weighted by atomic mass is 10.1. The fourth-order valence-electron chi connectivity index (χ4n) is 1.99. The summed E-state index contributed by atoms with van der Waals surface area (Å²) >= 11 is 0. The fourth-order valence-corrected chi connectivity index (χ4v) is 2.62. The van der Waals surface area contributed by atoms with Crippen molar-refractivity contribution in [1.29, 1.82) is 0 Å². The molecule has 0 aliphatic carbocycles. The predicted molar refractivity (Wildman–Crippen MR) is 78.4 cm³/mol. The Bertz CT molecular complexity index is 630. The second kappa shape index (κ2) is 6.24. The third-order valence-corrected chi connectivity index (χ3v) is 4.34. The predicted octanol–water partition coefficient (Wildman–Crippen LogP) is 2.58. The lowest BCUT2D eigenvalue weighted by Gasteiger charge is -2.14. The van der Waals surface area contributed by atoms with Crippen molar-refractivity contribution in [2.75, 3.05) is 12.8 Å². The zero-order chi connectivity index (χ0) is 14.6. The molecule has 1 heterocycles. The zero-order valence-electron chi connectivity index (χ0n) is 11.7. The van der Waals surface area contributed by atoms with E-state index in [1.54, 1.807) is 18.4 Å². The van der Waals surface area contributed by atoms with E-state index in [0.717, 1.165) is 24.3 Å². The highest BCUT2D eigenvalue weighted by atomic mass is 32.2. The first-order valence-corrected chi connectivity index (χ1v) is 8.42. The van der Waals surface area contributed by atoms with Gasteiger partial charge in [-0.3, -0.25) is 0 Å². The van der Waals surface area contributed by atoms with Gasteiger partial charge in [-0.05, 0) is 36.8 Å². The maximum absolute atomic E-state index is 11.4. The van der Waals surface area contributed by atoms with E-state index in [0.29, 0.717) is 4.90 Å². The van der Waals surface area contributed by atoms with Gasteiger partial charge < -0.3 is 9.73 Å². The highest BCUT2D eigenvalue weighted by molar-refractivity contribution is 7.90. The average molecular weight is 293 g/mol. The lowest BCUT2D eigenvalue weighted by Crippen LogP contribution is -2.21. The third kappa shape index (κ3) is 3.95. The molecule has 2 aromatic rings. The minimum Gasteiger partial charge on any atom is -0.469 e. The zero-order valence-corrected chi connectivity index (χ0v) is 12.5. The summed E-state index contributed by atoms with van der Waals surface area (Å²) in [4.78, 5) is 0.351. The molecule has 0 saturated heterocycles. The van der Waals surface area contributed by atoms with Crippen LogP contribution in [0.2, 0.25) is 0 Å². The summed E-state index contributed by atoms with van der Waals surface area (Å²) in [5.41, 5.74) is 1.07. The van der Waals surface area contributed by atoms with Crippen LogP contribution in [0.3, 0.4) is 0 Å². The van der Waals surface area contributed by atoms with Gasteiger partial charge in [0, 0.05) is 25.3 Å². The molecule has 2 rings (SSSR count). The number of hydrogen-bond donors (Lipinski definition) is 1. The third-order valence-electron chi connectivity index (χ3n) is 3.21. The van der Waals surface area contributed by atoms with Gasteiger partial charge in [-0.1, -0.05) is 12.1 Å². The molecule has 20 heavy (non-hydrogen) atoms. The molecule has 0 amide bonds. The lowest BCUT2D eigenvalue weighted by molar-refractivity contribution is 0.486. The van der Waals surface area contributed by atoms with Crippen LogP contribution in [-0.4, -0.2) is 21.2 Å². The number of furan rings is 1. The van der Waals surface area contributed by atoms with Gasteiger partial charge in [0.25, 0.3) is 0 Å². The molecule has 0 radical (unpaired) electrons. The minimum absolute atomic E-state index is 0.165. The largest absolute Gasteiger partial charge is 0.469 e. The highest BCUT2D eigenvalue weighted by Gasteiger charge is 2.09. The number of nitrogens with one attached hydrogen (secondary N) is 1. The van der Waals surface area contributed by atoms with Crippen LogP contribution < -0.4 is 5.32 Å². The number of hydrogen-bond acceptors (Lipinski definition) is 4. The van der Waals surface area contributed by atoms with Crippen molar-refractivity contribution in [1.82, 2.24) is 5.32 Å². The molecule has 1 aromatic heterocycles. The van der Waals surface area contributed by atoms with Gasteiger partial charge in [-0.2, -0.15) is 0 Å². The molecule has 0 spiro atoms. The van der Waals surface area contributed by atoms with Crippen molar-refractivity contribution >= 4 is 9.84 Å². The first kappa shape index (κ1) is 14.8. The van der Waals surface area contributed by atoms with Gasteiger partial charge in [0.05, 0.1) is 11.2 Å². The summed E-state index contributed by atoms with van der Waals surface area (Å²) in [6.07, 6.45) is 3.72. The summed E-state index contributed by atoms with van der Waals surface area (Å²) in [5, 5.41) is 3.39. The Morgan fingerprint density at radius 1 is 1.20 bits per heavy atom. The van der Waals surface area contributed by atoms with Crippen LogP contribution >= 0.6 is 0 Å². The maximum atomic E-state index is 11.4. The van der Waals surface area contributed by atoms with E-state index in [1.807, 2.05) is 24.3 Å². The van der Waals surface area contributed by atoms with E-state index in [1.165, 1.54) is 6.26 Å². The first-order valence-electron chi connectivity index (χ1n) is 6.52. The molecule has 0 bridgehead atoms. The van der Waals surface area contributed by atoms with E-state index < -0.39 is 9.84 Å². The molecule has 1 atom stereocenters. The van der Waals surface area contributed by atoms with E-state index in [2.05, 4.69) is 12.2 Å². The molecule has 1 N–H and O–H groups in total. The Morgan fingerprint density at radius 2 is 1.90 bits per heavy atom. The Morgan fingerprint density at radius 3 is 2.45 bits per heavy atom. The van der Waals surface area contributed by atoms with E-state index in [-0.39, 0.29) is 6.04 Å². The summed E-state index contributed by atoms with van der Waals surface area (Å²) in [7, 11) is -3.12. The molecule has 4 nitrogen and oxygen atoms in total. The van der Waals surface area contributed by atoms with Crippen molar-refractivity contribution < 1.29 is 12.8 Å². The van der Waals surface area contributed by atoms with Crippen LogP contribution in [-0.2, 0) is 16.3 Å². The molecular weight excluding hydrogens is 274 g/mol. The Labute approximate surface area is 119 Å². The van der Waals surface area contributed by atoms with E-state index in [9.17, 15) is 8.42 Å². The van der Waals surface area contributed by atoms with Crippen LogP contribution in [0.25, 0.3) is 0 Å². The van der Waals surface area contributed by atoms with Gasteiger partial charge in [0.1, 0.15) is 5.76 Å². The highest BCUT2D eigenvalue weighted by Crippen LogP contribution is 2.16. The fraction of sp³-hybridized carbons (Fsp3) is 0.333. The van der Waals surface area contributed by atoms with Crippen molar-refractivity contribution in [2.45, 2.75) is 24.3 Å². The van der Waals surface area contributed by atoms with Crippen LogP contribution in [0, 0.1) is 0 Å². The second-order valence-corrected chi connectivity index (χ2v) is 6.86. The van der Waals surface area contributed by atoms with Gasteiger partial charge in [-0.15, -0.1) is 0 Å². The molecule has 0 fully saturated rings. The number of rotatable bonds is 6. The van der Waals surface area contributed by atoms with E-state index in [4.69, 9.17) is 4.42 Å². The summed E-state index contributed by atoms with van der Waals surface area (Å²) in [6, 6.07) is 11.0. The number of sulfone groups is 1. The number of benzene rings is 1. The summed E-state index contributed by atoms with van der Waals surface area (Å²) in [6.45, 7) is 2.86. The van der Waals surface area contributed by atoms with Crippen LogP contribution in [0.5, 0.6) is 0 Å². The van der Waals surface area contributed by atoms with Gasteiger partial charge >= 0.3 is 0 Å². The van der Waals surface area contributed by atoms with Gasteiger partial charge in [0.2, 0.25) is 0 Å². The van der Waals surface area contributed by atoms with Crippen LogP contribution in [0.1, 0.15) is 24.3 Å². The summed E-state index contributed by atoms with van der Waals surface area (Å²) < 4.78 is 28.1. The Balaban J connectivity index is 1.90. The maximum Gasteiger partial charge on any atom is 0.175 e. The normalized spacial score (nSPS) is 13.3. The van der Waals surface area contributed by atoms with Crippen molar-refractivity contribution in [3.63, 3.8) is 0 Å². The standard InChI is InChI=1S/C15H19NO3S/c1-12(16-10-9-14-4-3-11-19-14)13-5-7-15(8-6-13)20(2,17)18/h3-8,11-12,16H,9-10H2,1-2H3. The first-order chi connectivity index (χ1) is 9.47. The monoisotopic (exact) mass is 293 g/mol. The molecule has 0 aliphatic heterocycles. The van der Waals surface area contributed by atoms with Crippen molar-refractivity contribution in [3.05, 3.63) is 54.0 Å². The molecule has 5 heteroatoms. The van der Waals surface area contributed by atoms with Crippen molar-refractivity contribution in [2.24, 2.45) is 0 Å². The smallest absolute Gasteiger partial charge is 0.175 e. The summed E-state index contributed by atoms with van der Waals surface area (Å²) in [5.74, 6) is 0.956. The molecule has 0 aliphatic rings. The van der Waals surface area contributed by atoms with Crippen molar-refractivity contribution in [3.8, 4) is 0 Å². The molecule has 1 aromatic carbocycles. The molecule has 1 unspecified atom stereocenters. The van der Waals surface area contributed by atoms with Crippen LogP contribution in [0.4, 0.5) is 0 Å². The molecule has 0 saturated carbocycles. The van der Waals surface area contributed by atoms with Crippen LogP contribution in [0.15, 0.2) is 52.0 Å². The minimum atomic E-state index is -3.12. The van der Waals surface area contributed by atoms with Gasteiger partial charge in [0.15, 0.2) is 9.84 Å². The Kier molecular flexibility index (Phi) is 4.62. The topological polar surface area (TPSA) is 59.3 Å². The average Bonchev–Trinajstić information content (AvgIpc) is 2.91. The van der Waals surface area contributed by atoms with E-state index >= 15 is 0 Å². The second-order valence-electron chi connectivity index (χ2n) is 4.85. The molecule has 108 valence electrons. The van der Waals surface area contributed by atoms with Gasteiger partial charge in [-0.25, -0.2) is 8.42 Å². The molecular formula is C15H19NO3S. The quantitative estimate of drug-likeness (QED) is 0.889. The SMILES string of the molecule is CC(NCCc1ccco1)c1ccc(S(C)(=O)=O)cc1.